The zero-order chi connectivity index (χ0) is 16.8. The smallest absolute Gasteiger partial charge is 0.237 e. The minimum absolute atomic E-state index is 0.0867. The summed E-state index contributed by atoms with van der Waals surface area (Å²) in [6, 6.07) is 7.90. The molecule has 1 saturated heterocycles. The Morgan fingerprint density at radius 1 is 1.33 bits per heavy atom. The average Bonchev–Trinajstić information content (AvgIpc) is 2.90. The molecule has 0 bridgehead atoms. The number of benzene rings is 1. The van der Waals surface area contributed by atoms with Gasteiger partial charge < -0.3 is 15.4 Å². The lowest BCUT2D eigenvalue weighted by Crippen LogP contribution is -2.42. The molecule has 128 valence electrons. The zero-order valence-electron chi connectivity index (χ0n) is 13.9. The average molecular weight is 345 g/mol. The number of amides is 1. The normalized spacial score (nSPS) is 18.0. The van der Waals surface area contributed by atoms with Gasteiger partial charge in [0, 0.05) is 18.5 Å². The second-order valence-corrected chi connectivity index (χ2v) is 7.07. The Morgan fingerprint density at radius 3 is 2.92 bits per heavy atom. The second kappa shape index (κ2) is 8.26. The van der Waals surface area contributed by atoms with E-state index in [2.05, 4.69) is 15.6 Å². The summed E-state index contributed by atoms with van der Waals surface area (Å²) in [5.74, 6) is 0.947. The summed E-state index contributed by atoms with van der Waals surface area (Å²) < 4.78 is 5.75. The van der Waals surface area contributed by atoms with Crippen LogP contribution in [0.5, 0.6) is 5.75 Å². The lowest BCUT2D eigenvalue weighted by Gasteiger charge is -2.15. The molecule has 1 unspecified atom stereocenters. The first kappa shape index (κ1) is 16.9. The lowest BCUT2D eigenvalue weighted by molar-refractivity contribution is -0.122. The summed E-state index contributed by atoms with van der Waals surface area (Å²) in [5, 5.41) is 9.37. The molecule has 6 heteroatoms. The van der Waals surface area contributed by atoms with Crippen LogP contribution in [0.4, 0.5) is 0 Å². The highest BCUT2D eigenvalue weighted by Crippen LogP contribution is 2.16. The lowest BCUT2D eigenvalue weighted by atomic mass is 10.1. The zero-order valence-corrected chi connectivity index (χ0v) is 14.7. The Bertz CT molecular complexity index is 669. The molecule has 2 N–H and O–H groups in total. The van der Waals surface area contributed by atoms with Crippen LogP contribution in [0.1, 0.15) is 35.5 Å². The van der Waals surface area contributed by atoms with Crippen LogP contribution in [-0.2, 0) is 17.9 Å². The van der Waals surface area contributed by atoms with Crippen LogP contribution in [0.15, 0.2) is 29.6 Å². The van der Waals surface area contributed by atoms with E-state index < -0.39 is 0 Å². The summed E-state index contributed by atoms with van der Waals surface area (Å²) in [7, 11) is 0. The van der Waals surface area contributed by atoms with E-state index in [1.165, 1.54) is 0 Å². The van der Waals surface area contributed by atoms with Crippen molar-refractivity contribution in [1.29, 1.82) is 0 Å². The highest BCUT2D eigenvalue weighted by Gasteiger charge is 2.19. The van der Waals surface area contributed by atoms with E-state index in [1.54, 1.807) is 11.3 Å². The summed E-state index contributed by atoms with van der Waals surface area (Å²) in [6.45, 7) is 3.96. The quantitative estimate of drug-likeness (QED) is 0.845. The van der Waals surface area contributed by atoms with E-state index in [9.17, 15) is 4.79 Å². The second-order valence-electron chi connectivity index (χ2n) is 6.01. The topological polar surface area (TPSA) is 63.2 Å². The molecule has 1 aliphatic rings. The highest BCUT2D eigenvalue weighted by atomic mass is 32.1. The van der Waals surface area contributed by atoms with Crippen LogP contribution in [0.2, 0.25) is 0 Å². The van der Waals surface area contributed by atoms with E-state index in [1.807, 2.05) is 36.6 Å². The molecule has 24 heavy (non-hydrogen) atoms. The summed E-state index contributed by atoms with van der Waals surface area (Å²) >= 11 is 1.63. The molecule has 1 fully saturated rings. The maximum Gasteiger partial charge on any atom is 0.237 e. The molecule has 1 amide bonds. The molecule has 3 rings (SSSR count). The van der Waals surface area contributed by atoms with Crippen molar-refractivity contribution in [2.75, 3.05) is 6.54 Å². The molecule has 1 aliphatic heterocycles. The Balaban J connectivity index is 1.48. The van der Waals surface area contributed by atoms with Gasteiger partial charge in [-0.25, -0.2) is 4.98 Å². The van der Waals surface area contributed by atoms with E-state index >= 15 is 0 Å². The minimum Gasteiger partial charge on any atom is -0.487 e. The van der Waals surface area contributed by atoms with Crippen LogP contribution < -0.4 is 15.4 Å². The van der Waals surface area contributed by atoms with E-state index in [-0.39, 0.29) is 11.9 Å². The van der Waals surface area contributed by atoms with Crippen molar-refractivity contribution in [2.45, 2.75) is 45.4 Å². The molecule has 1 aromatic carbocycles. The Hall–Kier alpha value is -1.92. The number of carbonyl (C=O) groups is 1. The molecule has 0 radical (unpaired) electrons. The van der Waals surface area contributed by atoms with Crippen molar-refractivity contribution in [3.63, 3.8) is 0 Å². The fraction of sp³-hybridized carbons (Fsp3) is 0.444. The van der Waals surface area contributed by atoms with Gasteiger partial charge >= 0.3 is 0 Å². The first-order chi connectivity index (χ1) is 11.7. The number of aryl methyl sites for hydroxylation is 1. The Kier molecular flexibility index (Phi) is 5.82. The monoisotopic (exact) mass is 345 g/mol. The first-order valence-corrected chi connectivity index (χ1v) is 9.22. The van der Waals surface area contributed by atoms with Crippen molar-refractivity contribution in [1.82, 2.24) is 15.6 Å². The maximum absolute atomic E-state index is 11.9. The summed E-state index contributed by atoms with van der Waals surface area (Å²) in [4.78, 5) is 16.3. The van der Waals surface area contributed by atoms with Gasteiger partial charge in [-0.05, 0) is 43.9 Å². The van der Waals surface area contributed by atoms with Crippen LogP contribution in [0, 0.1) is 6.92 Å². The number of thiazole rings is 1. The number of carbonyl (C=O) groups excluding carboxylic acids is 1. The number of aromatic nitrogens is 1. The van der Waals surface area contributed by atoms with Crippen molar-refractivity contribution in [3.8, 4) is 5.75 Å². The van der Waals surface area contributed by atoms with Gasteiger partial charge in [-0.3, -0.25) is 4.79 Å². The van der Waals surface area contributed by atoms with Crippen LogP contribution in [-0.4, -0.2) is 23.5 Å². The van der Waals surface area contributed by atoms with Gasteiger partial charge in [-0.2, -0.15) is 0 Å². The molecule has 2 aromatic rings. The van der Waals surface area contributed by atoms with Crippen molar-refractivity contribution in [2.24, 2.45) is 0 Å². The fourth-order valence-corrected chi connectivity index (χ4v) is 3.31. The molecular formula is C18H23N3O2S. The van der Waals surface area contributed by atoms with Crippen molar-refractivity contribution in [3.05, 3.63) is 45.9 Å². The molecule has 0 aliphatic carbocycles. The number of ether oxygens (including phenoxy) is 1. The summed E-state index contributed by atoms with van der Waals surface area (Å²) in [6.07, 6.45) is 3.05. The van der Waals surface area contributed by atoms with Gasteiger partial charge in [0.05, 0.1) is 16.7 Å². The number of hydrogen-bond donors (Lipinski definition) is 2. The van der Waals surface area contributed by atoms with Crippen LogP contribution in [0.3, 0.4) is 0 Å². The molecule has 1 aromatic heterocycles. The third-order valence-electron chi connectivity index (χ3n) is 4.06. The summed E-state index contributed by atoms with van der Waals surface area (Å²) in [5.41, 5.74) is 2.10. The number of nitrogens with zero attached hydrogens (tertiary/aromatic N) is 1. The molecular weight excluding hydrogens is 322 g/mol. The molecule has 2 heterocycles. The number of hydrogen-bond acceptors (Lipinski definition) is 5. The molecule has 0 spiro atoms. The van der Waals surface area contributed by atoms with E-state index in [0.29, 0.717) is 13.2 Å². The maximum atomic E-state index is 11.9. The SMILES string of the molecule is Cc1nc(COc2ccc(CNC3CCCCNC3=O)cc2)cs1. The first-order valence-electron chi connectivity index (χ1n) is 8.34. The standard InChI is InChI=1S/C18H23N3O2S/c1-13-21-15(12-24-13)11-23-16-7-5-14(6-8-16)10-20-17-4-2-3-9-19-18(17)22/h5-8,12,17,20H,2-4,9-11H2,1H3,(H,19,22). The van der Waals surface area contributed by atoms with Gasteiger partial charge in [0.1, 0.15) is 12.4 Å². The van der Waals surface area contributed by atoms with Crippen molar-refractivity contribution < 1.29 is 9.53 Å². The Morgan fingerprint density at radius 2 is 2.17 bits per heavy atom. The van der Waals surface area contributed by atoms with Gasteiger partial charge in [0.2, 0.25) is 5.91 Å². The van der Waals surface area contributed by atoms with Gasteiger partial charge in [-0.15, -0.1) is 11.3 Å². The number of rotatable bonds is 6. The number of nitrogens with one attached hydrogen (secondary N) is 2. The van der Waals surface area contributed by atoms with Crippen molar-refractivity contribution >= 4 is 17.2 Å². The van der Waals surface area contributed by atoms with Gasteiger partial charge in [0.25, 0.3) is 0 Å². The minimum atomic E-state index is -0.0867. The van der Waals surface area contributed by atoms with E-state index in [4.69, 9.17) is 4.74 Å². The molecule has 0 saturated carbocycles. The third-order valence-corrected chi connectivity index (χ3v) is 4.89. The molecule has 1 atom stereocenters. The fourth-order valence-electron chi connectivity index (χ4n) is 2.71. The van der Waals surface area contributed by atoms with Crippen LogP contribution in [0.25, 0.3) is 0 Å². The van der Waals surface area contributed by atoms with Crippen LogP contribution >= 0.6 is 11.3 Å². The predicted octanol–water partition coefficient (Wildman–Crippen LogP) is 2.79. The predicted molar refractivity (Wildman–Crippen MR) is 95.1 cm³/mol. The van der Waals surface area contributed by atoms with Gasteiger partial charge in [0.15, 0.2) is 0 Å². The molecule has 5 nitrogen and oxygen atoms in total. The van der Waals surface area contributed by atoms with E-state index in [0.717, 1.165) is 47.8 Å². The Labute approximate surface area is 146 Å². The largest absolute Gasteiger partial charge is 0.487 e. The van der Waals surface area contributed by atoms with Gasteiger partial charge in [-0.1, -0.05) is 12.1 Å². The third kappa shape index (κ3) is 4.79. The highest BCUT2D eigenvalue weighted by molar-refractivity contribution is 7.09.